The predicted octanol–water partition coefficient (Wildman–Crippen LogP) is 0.461. The van der Waals surface area contributed by atoms with Gasteiger partial charge in [0.05, 0.1) is 0 Å². The number of aromatic nitrogens is 1. The zero-order valence-electron chi connectivity index (χ0n) is 10.9. The lowest BCUT2D eigenvalue weighted by Gasteiger charge is -2.33. The van der Waals surface area contributed by atoms with Crippen molar-refractivity contribution >= 4 is 5.91 Å². The Morgan fingerprint density at radius 1 is 1.28 bits per heavy atom. The minimum Gasteiger partial charge on any atom is -0.336 e. The van der Waals surface area contributed by atoms with Crippen molar-refractivity contribution in [3.63, 3.8) is 0 Å². The summed E-state index contributed by atoms with van der Waals surface area (Å²) in [6.07, 6.45) is 0. The van der Waals surface area contributed by atoms with Crippen LogP contribution in [0.15, 0.2) is 16.9 Å². The van der Waals surface area contributed by atoms with Crippen LogP contribution >= 0.6 is 0 Å². The number of nitrogens with zero attached hydrogens (tertiary/aromatic N) is 2. The van der Waals surface area contributed by atoms with Gasteiger partial charge in [0.1, 0.15) is 5.56 Å². The lowest BCUT2D eigenvalue weighted by Crippen LogP contribution is -2.49. The molecule has 1 saturated heterocycles. The summed E-state index contributed by atoms with van der Waals surface area (Å²) in [6.45, 7) is 8.07. The first kappa shape index (κ1) is 12.8. The highest BCUT2D eigenvalue weighted by Crippen LogP contribution is 2.06. The number of nitrogens with one attached hydrogen (secondary N) is 1. The van der Waals surface area contributed by atoms with Crippen LogP contribution in [0.1, 0.15) is 23.0 Å². The van der Waals surface area contributed by atoms with E-state index in [4.69, 9.17) is 0 Å². The van der Waals surface area contributed by atoms with Crippen molar-refractivity contribution in [2.24, 2.45) is 0 Å². The van der Waals surface area contributed by atoms with Crippen LogP contribution < -0.4 is 5.56 Å². The first-order valence-corrected chi connectivity index (χ1v) is 6.33. The SMILES string of the molecule is CCN1CCN(C(=O)c2ccc(C)[nH]c2=O)CC1. The number of likely N-dealkylation sites (N-methyl/N-ethyl adjacent to an activating group) is 1. The first-order valence-electron chi connectivity index (χ1n) is 6.33. The molecule has 98 valence electrons. The summed E-state index contributed by atoms with van der Waals surface area (Å²) in [5.74, 6) is -0.160. The van der Waals surface area contributed by atoms with E-state index in [1.54, 1.807) is 24.0 Å². The van der Waals surface area contributed by atoms with Gasteiger partial charge >= 0.3 is 0 Å². The normalized spacial score (nSPS) is 16.9. The van der Waals surface area contributed by atoms with Crippen LogP contribution in [0.2, 0.25) is 0 Å². The number of carbonyl (C=O) groups excluding carboxylic acids is 1. The van der Waals surface area contributed by atoms with Crippen molar-refractivity contribution in [2.45, 2.75) is 13.8 Å². The highest BCUT2D eigenvalue weighted by molar-refractivity contribution is 5.93. The monoisotopic (exact) mass is 249 g/mol. The summed E-state index contributed by atoms with van der Waals surface area (Å²) < 4.78 is 0. The number of pyridine rings is 1. The second kappa shape index (κ2) is 5.35. The molecular formula is C13H19N3O2. The van der Waals surface area contributed by atoms with Crippen LogP contribution in [0.25, 0.3) is 0 Å². The van der Waals surface area contributed by atoms with E-state index in [1.807, 2.05) is 0 Å². The van der Waals surface area contributed by atoms with E-state index in [2.05, 4.69) is 16.8 Å². The number of carbonyl (C=O) groups is 1. The summed E-state index contributed by atoms with van der Waals surface area (Å²) in [5.41, 5.74) is 0.718. The van der Waals surface area contributed by atoms with Crippen LogP contribution in [0.3, 0.4) is 0 Å². The summed E-state index contributed by atoms with van der Waals surface area (Å²) in [4.78, 5) is 30.7. The summed E-state index contributed by atoms with van der Waals surface area (Å²) >= 11 is 0. The topological polar surface area (TPSA) is 56.4 Å². The molecular weight excluding hydrogens is 230 g/mol. The molecule has 1 aliphatic rings. The maximum absolute atomic E-state index is 12.2. The second-order valence-corrected chi connectivity index (χ2v) is 4.61. The Morgan fingerprint density at radius 3 is 2.50 bits per heavy atom. The van der Waals surface area contributed by atoms with Gasteiger partial charge in [0.15, 0.2) is 0 Å². The predicted molar refractivity (Wildman–Crippen MR) is 69.8 cm³/mol. The van der Waals surface area contributed by atoms with E-state index in [0.29, 0.717) is 13.1 Å². The Balaban J connectivity index is 2.10. The van der Waals surface area contributed by atoms with Gasteiger partial charge in [0.2, 0.25) is 0 Å². The number of aromatic amines is 1. The minimum atomic E-state index is -0.294. The fraction of sp³-hybridized carbons (Fsp3) is 0.538. The molecule has 0 aliphatic carbocycles. The number of hydrogen-bond donors (Lipinski definition) is 1. The highest BCUT2D eigenvalue weighted by atomic mass is 16.2. The molecule has 0 saturated carbocycles. The van der Waals surface area contributed by atoms with Gasteiger partial charge in [-0.15, -0.1) is 0 Å². The molecule has 1 N–H and O–H groups in total. The van der Waals surface area contributed by atoms with E-state index in [-0.39, 0.29) is 17.0 Å². The van der Waals surface area contributed by atoms with Crippen molar-refractivity contribution in [3.8, 4) is 0 Å². The Kier molecular flexibility index (Phi) is 3.81. The fourth-order valence-corrected chi connectivity index (χ4v) is 2.18. The molecule has 1 aromatic rings. The van der Waals surface area contributed by atoms with Gasteiger partial charge in [-0.2, -0.15) is 0 Å². The average Bonchev–Trinajstić information content (AvgIpc) is 2.38. The van der Waals surface area contributed by atoms with Crippen LogP contribution in [0.5, 0.6) is 0 Å². The van der Waals surface area contributed by atoms with Crippen molar-refractivity contribution in [1.29, 1.82) is 0 Å². The molecule has 2 rings (SSSR count). The molecule has 0 spiro atoms. The summed E-state index contributed by atoms with van der Waals surface area (Å²) in [7, 11) is 0. The molecule has 1 amide bonds. The Hall–Kier alpha value is -1.62. The minimum absolute atomic E-state index is 0.160. The molecule has 18 heavy (non-hydrogen) atoms. The fourth-order valence-electron chi connectivity index (χ4n) is 2.18. The molecule has 1 aliphatic heterocycles. The third-order valence-corrected chi connectivity index (χ3v) is 3.39. The number of H-pyrrole nitrogens is 1. The molecule has 1 fully saturated rings. The maximum Gasteiger partial charge on any atom is 0.260 e. The lowest BCUT2D eigenvalue weighted by molar-refractivity contribution is 0.0641. The largest absolute Gasteiger partial charge is 0.336 e. The molecule has 0 aromatic carbocycles. The van der Waals surface area contributed by atoms with Gasteiger partial charge in [-0.25, -0.2) is 0 Å². The number of amides is 1. The Labute approximate surface area is 106 Å². The number of rotatable bonds is 2. The first-order chi connectivity index (χ1) is 8.61. The summed E-state index contributed by atoms with van der Waals surface area (Å²) in [6, 6.07) is 3.37. The standard InChI is InChI=1S/C13H19N3O2/c1-3-15-6-8-16(9-7-15)13(18)11-5-4-10(2)14-12(11)17/h4-5H,3,6-9H2,1-2H3,(H,14,17). The van der Waals surface area contributed by atoms with Gasteiger partial charge < -0.3 is 14.8 Å². The molecule has 0 bridgehead atoms. The highest BCUT2D eigenvalue weighted by Gasteiger charge is 2.22. The number of hydrogen-bond acceptors (Lipinski definition) is 3. The van der Waals surface area contributed by atoms with E-state index >= 15 is 0 Å². The van der Waals surface area contributed by atoms with Gasteiger partial charge in [-0.05, 0) is 25.6 Å². The second-order valence-electron chi connectivity index (χ2n) is 4.61. The maximum atomic E-state index is 12.2. The third kappa shape index (κ3) is 2.61. The van der Waals surface area contributed by atoms with Crippen molar-refractivity contribution < 1.29 is 4.79 Å². The van der Waals surface area contributed by atoms with E-state index < -0.39 is 0 Å². The van der Waals surface area contributed by atoms with Crippen LogP contribution in [0.4, 0.5) is 0 Å². The van der Waals surface area contributed by atoms with Crippen LogP contribution in [-0.2, 0) is 0 Å². The van der Waals surface area contributed by atoms with Crippen molar-refractivity contribution in [2.75, 3.05) is 32.7 Å². The molecule has 0 radical (unpaired) electrons. The van der Waals surface area contributed by atoms with Crippen LogP contribution in [-0.4, -0.2) is 53.4 Å². The zero-order valence-corrected chi connectivity index (χ0v) is 10.9. The smallest absolute Gasteiger partial charge is 0.260 e. The Morgan fingerprint density at radius 2 is 1.94 bits per heavy atom. The molecule has 5 nitrogen and oxygen atoms in total. The molecule has 5 heteroatoms. The molecule has 0 atom stereocenters. The summed E-state index contributed by atoms with van der Waals surface area (Å²) in [5, 5.41) is 0. The van der Waals surface area contributed by atoms with Gasteiger partial charge in [0.25, 0.3) is 11.5 Å². The van der Waals surface area contributed by atoms with Crippen LogP contribution in [0, 0.1) is 6.92 Å². The van der Waals surface area contributed by atoms with E-state index in [9.17, 15) is 9.59 Å². The molecule has 1 aromatic heterocycles. The molecule has 2 heterocycles. The molecule has 0 unspecified atom stereocenters. The number of piperazine rings is 1. The van der Waals surface area contributed by atoms with Gasteiger partial charge in [-0.1, -0.05) is 6.92 Å². The van der Waals surface area contributed by atoms with E-state index in [1.165, 1.54) is 0 Å². The third-order valence-electron chi connectivity index (χ3n) is 3.39. The zero-order chi connectivity index (χ0) is 13.1. The quantitative estimate of drug-likeness (QED) is 0.828. The number of aryl methyl sites for hydroxylation is 1. The average molecular weight is 249 g/mol. The lowest BCUT2D eigenvalue weighted by atomic mass is 10.2. The van der Waals surface area contributed by atoms with E-state index in [0.717, 1.165) is 25.3 Å². The van der Waals surface area contributed by atoms with Crippen molar-refractivity contribution in [1.82, 2.24) is 14.8 Å². The van der Waals surface area contributed by atoms with Gasteiger partial charge in [-0.3, -0.25) is 9.59 Å². The van der Waals surface area contributed by atoms with Crippen molar-refractivity contribution in [3.05, 3.63) is 33.7 Å². The Bertz CT molecular complexity index is 487. The van der Waals surface area contributed by atoms with Gasteiger partial charge in [0, 0.05) is 31.9 Å².